The molecule has 0 atom stereocenters. The van der Waals surface area contributed by atoms with Gasteiger partial charge < -0.3 is 18.9 Å². The Morgan fingerprint density at radius 3 is 1.90 bits per heavy atom. The number of ether oxygens (including phenoxy) is 4. The van der Waals surface area contributed by atoms with E-state index in [9.17, 15) is 9.59 Å². The van der Waals surface area contributed by atoms with Crippen LogP contribution in [0.3, 0.4) is 0 Å². The van der Waals surface area contributed by atoms with Crippen LogP contribution >= 0.6 is 0 Å². The van der Waals surface area contributed by atoms with Crippen LogP contribution in [0.5, 0.6) is 23.0 Å². The molecule has 0 fully saturated rings. The van der Waals surface area contributed by atoms with Crippen LogP contribution in [0, 0.1) is 0 Å². The molecule has 2 rings (SSSR count). The molecule has 2 aromatic carbocycles. The van der Waals surface area contributed by atoms with Gasteiger partial charge in [0.05, 0.1) is 19.8 Å². The lowest BCUT2D eigenvalue weighted by atomic mass is 10.2. The molecule has 8 heteroatoms. The van der Waals surface area contributed by atoms with E-state index < -0.39 is 11.8 Å². The Morgan fingerprint density at radius 2 is 1.28 bits per heavy atom. The number of hydrogen-bond donors (Lipinski definition) is 2. The Balaban J connectivity index is 1.90. The Morgan fingerprint density at radius 1 is 0.724 bits per heavy atom. The number of nitrogens with one attached hydrogen (secondary N) is 2. The number of amides is 2. The van der Waals surface area contributed by atoms with Gasteiger partial charge in [0.15, 0.2) is 29.6 Å². The molecule has 0 aliphatic heterocycles. The molecule has 0 aromatic heterocycles. The van der Waals surface area contributed by atoms with E-state index in [1.54, 1.807) is 36.4 Å². The summed E-state index contributed by atoms with van der Waals surface area (Å²) in [6.07, 6.45) is 0. The normalized spacial score (nSPS) is 10.0. The van der Waals surface area contributed by atoms with Crippen LogP contribution in [0.4, 0.5) is 0 Å². The van der Waals surface area contributed by atoms with E-state index in [1.807, 2.05) is 26.8 Å². The number of hydrogen-bond acceptors (Lipinski definition) is 6. The van der Waals surface area contributed by atoms with Crippen molar-refractivity contribution >= 4 is 11.8 Å². The van der Waals surface area contributed by atoms with Gasteiger partial charge in [-0.1, -0.05) is 12.1 Å². The van der Waals surface area contributed by atoms with Crippen LogP contribution < -0.4 is 29.8 Å². The first-order valence-corrected chi connectivity index (χ1v) is 9.42. The van der Waals surface area contributed by atoms with Gasteiger partial charge in [0, 0.05) is 5.56 Å². The van der Waals surface area contributed by atoms with Gasteiger partial charge in [-0.25, -0.2) is 0 Å². The number of rotatable bonds is 10. The average molecular weight is 402 g/mol. The molecule has 0 radical (unpaired) electrons. The summed E-state index contributed by atoms with van der Waals surface area (Å²) < 4.78 is 21.9. The lowest BCUT2D eigenvalue weighted by Crippen LogP contribution is -2.43. The minimum absolute atomic E-state index is 0.280. The number of para-hydroxylation sites is 2. The number of hydrazine groups is 1. The first-order chi connectivity index (χ1) is 14.1. The molecule has 0 saturated heterocycles. The molecule has 0 aliphatic rings. The highest BCUT2D eigenvalue weighted by atomic mass is 16.5. The maximum atomic E-state index is 12.3. The molecular formula is C21H26N2O6. The Labute approximate surface area is 170 Å². The predicted octanol–water partition coefficient (Wildman–Crippen LogP) is 2.72. The Bertz CT molecular complexity index is 825. The van der Waals surface area contributed by atoms with Gasteiger partial charge in [0.2, 0.25) is 0 Å². The molecule has 0 bridgehead atoms. The fraction of sp³-hybridized carbons (Fsp3) is 0.333. The van der Waals surface area contributed by atoms with Crippen molar-refractivity contribution in [1.29, 1.82) is 0 Å². The lowest BCUT2D eigenvalue weighted by molar-refractivity contribution is -0.123. The summed E-state index contributed by atoms with van der Waals surface area (Å²) in [6.45, 7) is 6.67. The summed E-state index contributed by atoms with van der Waals surface area (Å²) in [7, 11) is 0. The van der Waals surface area contributed by atoms with Crippen molar-refractivity contribution < 1.29 is 28.5 Å². The third kappa shape index (κ3) is 6.60. The van der Waals surface area contributed by atoms with Gasteiger partial charge in [-0.3, -0.25) is 20.4 Å². The van der Waals surface area contributed by atoms with Crippen LogP contribution in [0.1, 0.15) is 31.1 Å². The van der Waals surface area contributed by atoms with Crippen molar-refractivity contribution in [1.82, 2.24) is 10.9 Å². The number of carbonyl (C=O) groups is 2. The summed E-state index contributed by atoms with van der Waals surface area (Å²) >= 11 is 0. The van der Waals surface area contributed by atoms with Gasteiger partial charge >= 0.3 is 0 Å². The highest BCUT2D eigenvalue weighted by Crippen LogP contribution is 2.28. The zero-order chi connectivity index (χ0) is 21.1. The van der Waals surface area contributed by atoms with Crippen LogP contribution in [-0.2, 0) is 4.79 Å². The summed E-state index contributed by atoms with van der Waals surface area (Å²) in [6, 6.07) is 11.8. The smallest absolute Gasteiger partial charge is 0.276 e. The van der Waals surface area contributed by atoms with Gasteiger partial charge in [-0.05, 0) is 51.1 Å². The standard InChI is InChI=1S/C21H26N2O6/c1-4-26-16-9-7-8-10-17(16)29-14-20(24)22-23-21(25)15-11-12-18(27-5-2)19(13-15)28-6-3/h7-13H,4-6,14H2,1-3H3,(H,22,24)(H,23,25). The maximum Gasteiger partial charge on any atom is 0.276 e. The zero-order valence-electron chi connectivity index (χ0n) is 16.8. The summed E-state index contributed by atoms with van der Waals surface area (Å²) in [5.41, 5.74) is 4.99. The molecule has 0 saturated carbocycles. The topological polar surface area (TPSA) is 95.1 Å². The number of carbonyl (C=O) groups excluding carboxylic acids is 2. The van der Waals surface area contributed by atoms with Crippen molar-refractivity contribution in [2.24, 2.45) is 0 Å². The molecule has 0 heterocycles. The largest absolute Gasteiger partial charge is 0.490 e. The predicted molar refractivity (Wildman–Crippen MR) is 107 cm³/mol. The zero-order valence-corrected chi connectivity index (χ0v) is 16.8. The van der Waals surface area contributed by atoms with Crippen LogP contribution in [0.25, 0.3) is 0 Å². The molecule has 0 unspecified atom stereocenters. The van der Waals surface area contributed by atoms with Crippen molar-refractivity contribution in [3.8, 4) is 23.0 Å². The highest BCUT2D eigenvalue weighted by molar-refractivity contribution is 5.96. The molecule has 2 N–H and O–H groups in total. The quantitative estimate of drug-likeness (QED) is 0.594. The Kier molecular flexibility index (Phi) is 8.62. The third-order valence-corrected chi connectivity index (χ3v) is 3.63. The fourth-order valence-corrected chi connectivity index (χ4v) is 2.41. The first-order valence-electron chi connectivity index (χ1n) is 9.42. The van der Waals surface area contributed by atoms with E-state index in [1.165, 1.54) is 0 Å². The summed E-state index contributed by atoms with van der Waals surface area (Å²) in [5, 5.41) is 0. The van der Waals surface area contributed by atoms with E-state index in [4.69, 9.17) is 18.9 Å². The van der Waals surface area contributed by atoms with Crippen molar-refractivity contribution in [2.75, 3.05) is 26.4 Å². The Hall–Kier alpha value is -3.42. The second kappa shape index (κ2) is 11.4. The van der Waals surface area contributed by atoms with E-state index in [0.29, 0.717) is 48.4 Å². The SMILES string of the molecule is CCOc1ccc(C(=O)NNC(=O)COc2ccccc2OCC)cc1OCC. The summed E-state index contributed by atoms with van der Waals surface area (Å²) in [5.74, 6) is 1.01. The number of benzene rings is 2. The maximum absolute atomic E-state index is 12.3. The fourth-order valence-electron chi connectivity index (χ4n) is 2.41. The van der Waals surface area contributed by atoms with Crippen LogP contribution in [0.15, 0.2) is 42.5 Å². The summed E-state index contributed by atoms with van der Waals surface area (Å²) in [4.78, 5) is 24.3. The third-order valence-electron chi connectivity index (χ3n) is 3.63. The van der Waals surface area contributed by atoms with Gasteiger partial charge in [-0.2, -0.15) is 0 Å². The molecule has 2 aromatic rings. The molecule has 2 amide bonds. The second-order valence-corrected chi connectivity index (χ2v) is 5.70. The minimum atomic E-state index is -0.513. The van der Waals surface area contributed by atoms with Gasteiger partial charge in [0.25, 0.3) is 11.8 Å². The van der Waals surface area contributed by atoms with Crippen LogP contribution in [0.2, 0.25) is 0 Å². The highest BCUT2D eigenvalue weighted by Gasteiger charge is 2.13. The molecule has 29 heavy (non-hydrogen) atoms. The minimum Gasteiger partial charge on any atom is -0.490 e. The molecule has 0 spiro atoms. The lowest BCUT2D eigenvalue weighted by Gasteiger charge is -2.13. The molecule has 156 valence electrons. The van der Waals surface area contributed by atoms with Crippen LogP contribution in [-0.4, -0.2) is 38.2 Å². The van der Waals surface area contributed by atoms with Crippen molar-refractivity contribution in [3.63, 3.8) is 0 Å². The molecule has 8 nitrogen and oxygen atoms in total. The van der Waals surface area contributed by atoms with E-state index in [-0.39, 0.29) is 6.61 Å². The molecular weight excluding hydrogens is 376 g/mol. The average Bonchev–Trinajstić information content (AvgIpc) is 2.73. The van der Waals surface area contributed by atoms with Gasteiger partial charge in [0.1, 0.15) is 0 Å². The van der Waals surface area contributed by atoms with Gasteiger partial charge in [-0.15, -0.1) is 0 Å². The van der Waals surface area contributed by atoms with E-state index >= 15 is 0 Å². The van der Waals surface area contributed by atoms with E-state index in [0.717, 1.165) is 0 Å². The van der Waals surface area contributed by atoms with Crippen molar-refractivity contribution in [3.05, 3.63) is 48.0 Å². The first kappa shape index (κ1) is 21.9. The second-order valence-electron chi connectivity index (χ2n) is 5.70. The van der Waals surface area contributed by atoms with E-state index in [2.05, 4.69) is 10.9 Å². The monoisotopic (exact) mass is 402 g/mol. The molecule has 0 aliphatic carbocycles. The van der Waals surface area contributed by atoms with Crippen molar-refractivity contribution in [2.45, 2.75) is 20.8 Å².